The number of benzene rings is 7. The molecule has 0 radical (unpaired) electrons. The molecule has 9 aromatic rings. The van der Waals surface area contributed by atoms with Crippen LogP contribution in [0.25, 0.3) is 90.0 Å². The second-order valence-corrected chi connectivity index (χ2v) is 12.5. The van der Waals surface area contributed by atoms with Crippen molar-refractivity contribution in [1.29, 1.82) is 0 Å². The van der Waals surface area contributed by atoms with Gasteiger partial charge in [0.1, 0.15) is 0 Å². The number of aromatic nitrogens is 5. The lowest BCUT2D eigenvalue weighted by Crippen LogP contribution is -2.00. The molecule has 7 aromatic carbocycles. The molecule has 2 heterocycles. The van der Waals surface area contributed by atoms with E-state index >= 15 is 0 Å². The quantitative estimate of drug-likeness (QED) is 0.169. The molecule has 52 heavy (non-hydrogen) atoms. The lowest BCUT2D eigenvalue weighted by atomic mass is 9.92. The van der Waals surface area contributed by atoms with Gasteiger partial charge in [-0.15, -0.1) is 0 Å². The zero-order valence-corrected chi connectivity index (χ0v) is 28.1. The van der Waals surface area contributed by atoms with Gasteiger partial charge in [-0.25, -0.2) is 24.9 Å². The molecule has 0 saturated heterocycles. The number of fused-ring (bicyclic) bond motifs is 1. The van der Waals surface area contributed by atoms with E-state index in [0.717, 1.165) is 66.7 Å². The van der Waals surface area contributed by atoms with Gasteiger partial charge in [-0.3, -0.25) is 0 Å². The van der Waals surface area contributed by atoms with Gasteiger partial charge in [0.2, 0.25) is 0 Å². The number of hydrogen-bond donors (Lipinski definition) is 0. The minimum Gasteiger partial charge on any atom is -0.228 e. The normalized spacial score (nSPS) is 11.1. The predicted octanol–water partition coefficient (Wildman–Crippen LogP) is 11.5. The van der Waals surface area contributed by atoms with Crippen molar-refractivity contribution in [3.8, 4) is 79.2 Å². The van der Waals surface area contributed by atoms with Crippen LogP contribution in [0.2, 0.25) is 0 Å². The van der Waals surface area contributed by atoms with Crippen LogP contribution in [0.15, 0.2) is 188 Å². The molecular weight excluding hydrogens is 635 g/mol. The zero-order valence-electron chi connectivity index (χ0n) is 28.1. The van der Waals surface area contributed by atoms with Crippen LogP contribution in [0.4, 0.5) is 0 Å². The van der Waals surface area contributed by atoms with E-state index in [4.69, 9.17) is 24.9 Å². The molecule has 5 nitrogen and oxygen atoms in total. The standard InChI is InChI=1S/C47H31N5/c1-5-16-34(17-6-1)41-31-42(35-18-7-2-8-19-35)49-47(48-41)43-39-24-14-13-15-32(39)29-30-40(43)33-25-27-38(28-26-33)46-51-44(36-20-9-3-10-21-36)50-45(52-46)37-22-11-4-12-23-37/h1-31H. The first-order valence-electron chi connectivity index (χ1n) is 17.3. The average molecular weight is 666 g/mol. The number of nitrogens with zero attached hydrogens (tertiary/aromatic N) is 5. The van der Waals surface area contributed by atoms with Crippen LogP contribution in [0.1, 0.15) is 0 Å². The molecule has 244 valence electrons. The van der Waals surface area contributed by atoms with Crippen LogP contribution in [-0.4, -0.2) is 24.9 Å². The highest BCUT2D eigenvalue weighted by Crippen LogP contribution is 2.39. The van der Waals surface area contributed by atoms with E-state index in [2.05, 4.69) is 91.0 Å². The third kappa shape index (κ3) is 6.12. The molecule has 5 heteroatoms. The van der Waals surface area contributed by atoms with Crippen molar-refractivity contribution >= 4 is 10.8 Å². The van der Waals surface area contributed by atoms with Crippen LogP contribution in [-0.2, 0) is 0 Å². The molecule has 0 saturated carbocycles. The fraction of sp³-hybridized carbons (Fsp3) is 0. The van der Waals surface area contributed by atoms with Crippen LogP contribution in [0.5, 0.6) is 0 Å². The summed E-state index contributed by atoms with van der Waals surface area (Å²) in [5.41, 5.74) is 9.67. The van der Waals surface area contributed by atoms with Gasteiger partial charge in [0.15, 0.2) is 23.3 Å². The largest absolute Gasteiger partial charge is 0.228 e. The first-order valence-corrected chi connectivity index (χ1v) is 17.3. The molecule has 0 aliphatic carbocycles. The minimum atomic E-state index is 0.615. The first-order chi connectivity index (χ1) is 25.8. The molecule has 0 unspecified atom stereocenters. The Bertz CT molecular complexity index is 2530. The molecule has 0 spiro atoms. The molecule has 0 atom stereocenters. The highest BCUT2D eigenvalue weighted by molar-refractivity contribution is 6.03. The smallest absolute Gasteiger partial charge is 0.164 e. The fourth-order valence-corrected chi connectivity index (χ4v) is 6.56. The van der Waals surface area contributed by atoms with E-state index < -0.39 is 0 Å². The maximum absolute atomic E-state index is 5.24. The lowest BCUT2D eigenvalue weighted by molar-refractivity contribution is 1.07. The van der Waals surface area contributed by atoms with Crippen molar-refractivity contribution in [3.05, 3.63) is 188 Å². The maximum Gasteiger partial charge on any atom is 0.164 e. The summed E-state index contributed by atoms with van der Waals surface area (Å²) < 4.78 is 0. The topological polar surface area (TPSA) is 64.5 Å². The van der Waals surface area contributed by atoms with Gasteiger partial charge >= 0.3 is 0 Å². The van der Waals surface area contributed by atoms with Gasteiger partial charge in [0, 0.05) is 33.4 Å². The summed E-state index contributed by atoms with van der Waals surface area (Å²) in [5.74, 6) is 2.56. The van der Waals surface area contributed by atoms with Crippen molar-refractivity contribution in [3.63, 3.8) is 0 Å². The Morgan fingerprint density at radius 3 is 1.17 bits per heavy atom. The van der Waals surface area contributed by atoms with Crippen molar-refractivity contribution in [2.24, 2.45) is 0 Å². The Hall–Kier alpha value is -7.11. The lowest BCUT2D eigenvalue weighted by Gasteiger charge is -2.16. The summed E-state index contributed by atoms with van der Waals surface area (Å²) >= 11 is 0. The van der Waals surface area contributed by atoms with Gasteiger partial charge in [-0.2, -0.15) is 0 Å². The Morgan fingerprint density at radius 1 is 0.269 bits per heavy atom. The molecule has 0 N–H and O–H groups in total. The molecule has 2 aromatic heterocycles. The Morgan fingerprint density at radius 2 is 0.673 bits per heavy atom. The summed E-state index contributed by atoms with van der Waals surface area (Å²) in [6, 6.07) is 64.0. The average Bonchev–Trinajstić information content (AvgIpc) is 3.24. The third-order valence-corrected chi connectivity index (χ3v) is 9.17. The zero-order chi connectivity index (χ0) is 34.7. The van der Waals surface area contributed by atoms with Crippen LogP contribution >= 0.6 is 0 Å². The van der Waals surface area contributed by atoms with Gasteiger partial charge < -0.3 is 0 Å². The highest BCUT2D eigenvalue weighted by atomic mass is 15.0. The first kappa shape index (κ1) is 30.9. The summed E-state index contributed by atoms with van der Waals surface area (Å²) in [4.78, 5) is 25.2. The van der Waals surface area contributed by atoms with Gasteiger partial charge in [0.25, 0.3) is 0 Å². The summed E-state index contributed by atoms with van der Waals surface area (Å²) in [6.07, 6.45) is 0. The monoisotopic (exact) mass is 665 g/mol. The molecule has 0 fully saturated rings. The van der Waals surface area contributed by atoms with E-state index in [1.54, 1.807) is 0 Å². The van der Waals surface area contributed by atoms with Crippen LogP contribution in [0.3, 0.4) is 0 Å². The Balaban J connectivity index is 1.20. The Labute approximate surface area is 302 Å². The predicted molar refractivity (Wildman–Crippen MR) is 211 cm³/mol. The summed E-state index contributed by atoms with van der Waals surface area (Å²) in [5, 5.41) is 2.21. The van der Waals surface area contributed by atoms with E-state index in [-0.39, 0.29) is 0 Å². The highest BCUT2D eigenvalue weighted by Gasteiger charge is 2.18. The van der Waals surface area contributed by atoms with E-state index in [1.165, 1.54) is 0 Å². The van der Waals surface area contributed by atoms with Crippen LogP contribution < -0.4 is 0 Å². The molecule has 0 aliphatic heterocycles. The van der Waals surface area contributed by atoms with Crippen molar-refractivity contribution in [2.45, 2.75) is 0 Å². The van der Waals surface area contributed by atoms with E-state index in [1.807, 2.05) is 97.1 Å². The maximum atomic E-state index is 5.24. The van der Waals surface area contributed by atoms with Crippen molar-refractivity contribution in [1.82, 2.24) is 24.9 Å². The molecule has 9 rings (SSSR count). The second kappa shape index (κ2) is 13.7. The van der Waals surface area contributed by atoms with E-state index in [0.29, 0.717) is 23.3 Å². The summed E-state index contributed by atoms with van der Waals surface area (Å²) in [7, 11) is 0. The van der Waals surface area contributed by atoms with Gasteiger partial charge in [-0.05, 0) is 28.0 Å². The molecule has 0 bridgehead atoms. The number of hydrogen-bond acceptors (Lipinski definition) is 5. The molecular formula is C47H31N5. The Kier molecular flexibility index (Phi) is 8.12. The van der Waals surface area contributed by atoms with Crippen molar-refractivity contribution in [2.75, 3.05) is 0 Å². The van der Waals surface area contributed by atoms with Gasteiger partial charge in [-0.1, -0.05) is 182 Å². The van der Waals surface area contributed by atoms with E-state index in [9.17, 15) is 0 Å². The molecule has 0 amide bonds. The summed E-state index contributed by atoms with van der Waals surface area (Å²) in [6.45, 7) is 0. The second-order valence-electron chi connectivity index (χ2n) is 12.5. The molecule has 0 aliphatic rings. The third-order valence-electron chi connectivity index (χ3n) is 9.17. The fourth-order valence-electron chi connectivity index (χ4n) is 6.56. The SMILES string of the molecule is c1ccc(-c2cc(-c3ccccc3)nc(-c3c(-c4ccc(-c5nc(-c6ccccc6)nc(-c6ccccc6)n5)cc4)ccc4ccccc34)n2)cc1. The minimum absolute atomic E-state index is 0.615. The van der Waals surface area contributed by atoms with Crippen LogP contribution in [0, 0.1) is 0 Å². The van der Waals surface area contributed by atoms with Gasteiger partial charge in [0.05, 0.1) is 11.4 Å². The number of rotatable bonds is 7. The van der Waals surface area contributed by atoms with Crippen molar-refractivity contribution < 1.29 is 0 Å².